The van der Waals surface area contributed by atoms with Crippen LogP contribution < -0.4 is 18.9 Å². The van der Waals surface area contributed by atoms with Crippen molar-refractivity contribution in [2.24, 2.45) is 0 Å². The Morgan fingerprint density at radius 2 is 1.50 bits per heavy atom. The van der Waals surface area contributed by atoms with E-state index in [0.29, 0.717) is 6.61 Å². The predicted molar refractivity (Wildman–Crippen MR) is 126 cm³/mol. The Kier molecular flexibility index (Phi) is 7.51. The first-order chi connectivity index (χ1) is 15.8. The summed E-state index contributed by atoms with van der Waals surface area (Å²) in [6, 6.07) is 24.2. The third-order valence-electron chi connectivity index (χ3n) is 5.77. The lowest BCUT2D eigenvalue weighted by Gasteiger charge is -2.26. The first-order valence-electron chi connectivity index (χ1n) is 11.1. The van der Waals surface area contributed by atoms with E-state index in [4.69, 9.17) is 18.9 Å². The molecule has 1 aliphatic rings. The monoisotopic (exact) mass is 433 g/mol. The normalized spacial score (nSPS) is 16.0. The van der Waals surface area contributed by atoms with E-state index in [0.717, 1.165) is 61.0 Å². The zero-order valence-electron chi connectivity index (χ0n) is 18.8. The van der Waals surface area contributed by atoms with Gasteiger partial charge in [-0.05, 0) is 54.8 Å². The van der Waals surface area contributed by atoms with Crippen molar-refractivity contribution in [1.82, 2.24) is 4.90 Å². The van der Waals surface area contributed by atoms with Gasteiger partial charge in [0.25, 0.3) is 0 Å². The van der Waals surface area contributed by atoms with Crippen LogP contribution in [0.5, 0.6) is 23.0 Å². The number of rotatable bonds is 9. The maximum absolute atomic E-state index is 6.47. The summed E-state index contributed by atoms with van der Waals surface area (Å²) in [5, 5.41) is 0. The molecule has 1 atom stereocenters. The van der Waals surface area contributed by atoms with Crippen LogP contribution in [-0.4, -0.2) is 45.4 Å². The van der Waals surface area contributed by atoms with Crippen molar-refractivity contribution < 1.29 is 18.9 Å². The topological polar surface area (TPSA) is 40.2 Å². The second kappa shape index (κ2) is 10.9. The number of fused-ring (bicyclic) bond motifs is 1. The number of para-hydroxylation sites is 2. The molecule has 0 amide bonds. The molecular formula is C27H31NO4. The number of ether oxygens (including phenoxy) is 4. The fourth-order valence-corrected chi connectivity index (χ4v) is 4.12. The summed E-state index contributed by atoms with van der Waals surface area (Å²) >= 11 is 0. The molecule has 0 aromatic heterocycles. The summed E-state index contributed by atoms with van der Waals surface area (Å²) in [6.07, 6.45) is 1.80. The van der Waals surface area contributed by atoms with Crippen molar-refractivity contribution >= 4 is 0 Å². The Hall–Kier alpha value is -3.18. The molecule has 1 aliphatic heterocycles. The van der Waals surface area contributed by atoms with Crippen molar-refractivity contribution in [2.45, 2.75) is 18.9 Å². The summed E-state index contributed by atoms with van der Waals surface area (Å²) in [6.45, 7) is 3.41. The second-order valence-corrected chi connectivity index (χ2v) is 7.89. The Bertz CT molecular complexity index is 978. The van der Waals surface area contributed by atoms with Crippen LogP contribution in [0.25, 0.3) is 0 Å². The third-order valence-corrected chi connectivity index (χ3v) is 5.77. The van der Waals surface area contributed by atoms with E-state index in [-0.39, 0.29) is 6.10 Å². The van der Waals surface area contributed by atoms with Crippen molar-refractivity contribution in [3.05, 3.63) is 83.9 Å². The van der Waals surface area contributed by atoms with Gasteiger partial charge in [0, 0.05) is 25.2 Å². The third kappa shape index (κ3) is 5.54. The van der Waals surface area contributed by atoms with Crippen LogP contribution in [0.4, 0.5) is 0 Å². The van der Waals surface area contributed by atoms with Gasteiger partial charge in [0.05, 0.1) is 20.8 Å². The van der Waals surface area contributed by atoms with Crippen molar-refractivity contribution in [1.29, 1.82) is 0 Å². The minimum Gasteiger partial charge on any atom is -0.494 e. The molecule has 5 nitrogen and oxygen atoms in total. The van der Waals surface area contributed by atoms with E-state index in [1.807, 2.05) is 60.7 Å². The molecular weight excluding hydrogens is 402 g/mol. The maximum atomic E-state index is 6.47. The lowest BCUT2D eigenvalue weighted by atomic mass is 10.00. The maximum Gasteiger partial charge on any atom is 0.161 e. The molecule has 3 aromatic rings. The van der Waals surface area contributed by atoms with Crippen LogP contribution in [-0.2, 0) is 6.42 Å². The number of benzene rings is 3. The molecule has 5 heteroatoms. The molecule has 0 bridgehead atoms. The molecule has 0 radical (unpaired) electrons. The van der Waals surface area contributed by atoms with Crippen LogP contribution >= 0.6 is 0 Å². The molecule has 0 N–H and O–H groups in total. The molecule has 4 rings (SSSR count). The van der Waals surface area contributed by atoms with Crippen LogP contribution in [0, 0.1) is 0 Å². The smallest absolute Gasteiger partial charge is 0.161 e. The van der Waals surface area contributed by atoms with Crippen molar-refractivity contribution in [2.75, 3.05) is 40.5 Å². The van der Waals surface area contributed by atoms with Crippen molar-refractivity contribution in [3.63, 3.8) is 0 Å². The lowest BCUT2D eigenvalue weighted by Crippen LogP contribution is -2.32. The van der Waals surface area contributed by atoms with Crippen LogP contribution in [0.1, 0.15) is 23.7 Å². The Balaban J connectivity index is 1.48. The molecule has 0 fully saturated rings. The van der Waals surface area contributed by atoms with Gasteiger partial charge in [-0.1, -0.05) is 36.4 Å². The van der Waals surface area contributed by atoms with Gasteiger partial charge in [-0.15, -0.1) is 0 Å². The highest BCUT2D eigenvalue weighted by molar-refractivity contribution is 5.49. The molecule has 0 saturated heterocycles. The van der Waals surface area contributed by atoms with Gasteiger partial charge in [-0.25, -0.2) is 0 Å². The van der Waals surface area contributed by atoms with Gasteiger partial charge >= 0.3 is 0 Å². The molecule has 1 heterocycles. The van der Waals surface area contributed by atoms with Gasteiger partial charge in [0.2, 0.25) is 0 Å². The summed E-state index contributed by atoms with van der Waals surface area (Å²) in [4.78, 5) is 2.46. The lowest BCUT2D eigenvalue weighted by molar-refractivity contribution is 0.135. The SMILES string of the molecule is COc1cc2c(cc1OC)C(Oc1ccccc1)CN(CCCOc1ccccc1)CC2. The Labute approximate surface area is 190 Å². The van der Waals surface area contributed by atoms with Crippen LogP contribution in [0.3, 0.4) is 0 Å². The molecule has 3 aromatic carbocycles. The van der Waals surface area contributed by atoms with Gasteiger partial charge in [0.15, 0.2) is 11.5 Å². The minimum atomic E-state index is -0.0928. The molecule has 1 unspecified atom stereocenters. The van der Waals surface area contributed by atoms with Gasteiger partial charge in [0.1, 0.15) is 17.6 Å². The van der Waals surface area contributed by atoms with E-state index < -0.39 is 0 Å². The van der Waals surface area contributed by atoms with Crippen LogP contribution in [0.15, 0.2) is 72.8 Å². The van der Waals surface area contributed by atoms with E-state index in [1.54, 1.807) is 14.2 Å². The molecule has 0 aliphatic carbocycles. The Morgan fingerprint density at radius 1 is 0.844 bits per heavy atom. The van der Waals surface area contributed by atoms with E-state index in [2.05, 4.69) is 17.0 Å². The first kappa shape index (κ1) is 22.0. The predicted octanol–water partition coefficient (Wildman–Crippen LogP) is 5.15. The Morgan fingerprint density at radius 3 is 2.19 bits per heavy atom. The fraction of sp³-hybridized carbons (Fsp3) is 0.333. The highest BCUT2D eigenvalue weighted by Gasteiger charge is 2.26. The van der Waals surface area contributed by atoms with Gasteiger partial charge in [-0.2, -0.15) is 0 Å². The molecule has 32 heavy (non-hydrogen) atoms. The second-order valence-electron chi connectivity index (χ2n) is 7.89. The first-order valence-corrected chi connectivity index (χ1v) is 11.1. The summed E-state index contributed by atoms with van der Waals surface area (Å²) in [5.74, 6) is 3.28. The molecule has 0 spiro atoms. The fourth-order valence-electron chi connectivity index (χ4n) is 4.12. The number of nitrogens with zero attached hydrogens (tertiary/aromatic N) is 1. The number of hydrogen-bond acceptors (Lipinski definition) is 5. The molecule has 0 saturated carbocycles. The van der Waals surface area contributed by atoms with E-state index in [9.17, 15) is 0 Å². The summed E-state index contributed by atoms with van der Waals surface area (Å²) in [5.41, 5.74) is 2.40. The average Bonchev–Trinajstić information content (AvgIpc) is 3.01. The highest BCUT2D eigenvalue weighted by atomic mass is 16.5. The summed E-state index contributed by atoms with van der Waals surface area (Å²) in [7, 11) is 3.35. The quantitative estimate of drug-likeness (QED) is 0.437. The average molecular weight is 434 g/mol. The zero-order chi connectivity index (χ0) is 22.2. The number of hydrogen-bond donors (Lipinski definition) is 0. The van der Waals surface area contributed by atoms with Crippen LogP contribution in [0.2, 0.25) is 0 Å². The van der Waals surface area contributed by atoms with Gasteiger partial charge < -0.3 is 18.9 Å². The standard InChI is InChI=1S/C27H31NO4/c1-29-25-18-21-14-16-28(15-9-17-31-22-10-5-3-6-11-22)20-27(24(21)19-26(25)30-2)32-23-12-7-4-8-13-23/h3-8,10-13,18-19,27H,9,14-17,20H2,1-2H3. The highest BCUT2D eigenvalue weighted by Crippen LogP contribution is 2.37. The van der Waals surface area contributed by atoms with Gasteiger partial charge in [-0.3, -0.25) is 4.90 Å². The van der Waals surface area contributed by atoms with E-state index >= 15 is 0 Å². The number of methoxy groups -OCH3 is 2. The largest absolute Gasteiger partial charge is 0.494 e. The van der Waals surface area contributed by atoms with E-state index in [1.165, 1.54) is 5.56 Å². The minimum absolute atomic E-state index is 0.0928. The summed E-state index contributed by atoms with van der Waals surface area (Å²) < 4.78 is 23.5. The molecule has 168 valence electrons. The van der Waals surface area contributed by atoms with Crippen molar-refractivity contribution in [3.8, 4) is 23.0 Å². The zero-order valence-corrected chi connectivity index (χ0v) is 18.8.